The zero-order chi connectivity index (χ0) is 21.0. The zero-order valence-electron chi connectivity index (χ0n) is 19.5. The van der Waals surface area contributed by atoms with Gasteiger partial charge < -0.3 is 5.11 Å². The summed E-state index contributed by atoms with van der Waals surface area (Å²) in [6, 6.07) is 0.697. The van der Waals surface area contributed by atoms with Crippen LogP contribution < -0.4 is 0 Å². The van der Waals surface area contributed by atoms with E-state index in [0.717, 1.165) is 38.1 Å². The number of nitrogens with zero attached hydrogens (tertiary/aromatic N) is 1. The molecule has 1 spiro atoms. The Kier molecular flexibility index (Phi) is 5.56. The number of carbonyl (C=O) groups excluding carboxylic acids is 1. The summed E-state index contributed by atoms with van der Waals surface area (Å²) >= 11 is 0. The molecule has 0 aromatic rings. The highest BCUT2D eigenvalue weighted by Gasteiger charge is 2.70. The average molecular weight is 402 g/mol. The van der Waals surface area contributed by atoms with E-state index < -0.39 is 5.60 Å². The van der Waals surface area contributed by atoms with Crippen molar-refractivity contribution in [2.24, 2.45) is 23.2 Å². The van der Waals surface area contributed by atoms with Crippen molar-refractivity contribution >= 4 is 5.78 Å². The maximum absolute atomic E-state index is 13.1. The van der Waals surface area contributed by atoms with Crippen molar-refractivity contribution in [3.63, 3.8) is 0 Å². The molecule has 0 radical (unpaired) electrons. The molecule has 1 aliphatic heterocycles. The fourth-order valence-electron chi connectivity index (χ4n) is 8.04. The van der Waals surface area contributed by atoms with Gasteiger partial charge in [0.2, 0.25) is 0 Å². The minimum atomic E-state index is -0.556. The van der Waals surface area contributed by atoms with Gasteiger partial charge in [-0.05, 0) is 88.2 Å². The molecule has 1 saturated heterocycles. The van der Waals surface area contributed by atoms with E-state index in [9.17, 15) is 9.90 Å². The summed E-state index contributed by atoms with van der Waals surface area (Å²) in [5.41, 5.74) is 1.67. The Bertz CT molecular complexity index is 677. The molecule has 7 atom stereocenters. The van der Waals surface area contributed by atoms with Crippen molar-refractivity contribution in [1.82, 2.24) is 4.90 Å². The van der Waals surface area contributed by atoms with Crippen molar-refractivity contribution in [3.05, 3.63) is 11.6 Å². The number of fused-ring (bicyclic) bond motifs is 4. The van der Waals surface area contributed by atoms with E-state index in [-0.39, 0.29) is 5.41 Å². The van der Waals surface area contributed by atoms with Crippen LogP contribution in [0.15, 0.2) is 11.6 Å². The maximum atomic E-state index is 13.1. The van der Waals surface area contributed by atoms with E-state index >= 15 is 0 Å². The van der Waals surface area contributed by atoms with Crippen molar-refractivity contribution in [3.8, 4) is 0 Å². The summed E-state index contributed by atoms with van der Waals surface area (Å²) in [6.07, 6.45) is 14.1. The lowest BCUT2D eigenvalue weighted by atomic mass is 9.48. The van der Waals surface area contributed by atoms with E-state index in [1.54, 1.807) is 5.57 Å². The largest absolute Gasteiger partial charge is 0.390 e. The number of hydrogen-bond donors (Lipinski definition) is 1. The van der Waals surface area contributed by atoms with Gasteiger partial charge in [0, 0.05) is 18.4 Å². The Morgan fingerprint density at radius 2 is 1.97 bits per heavy atom. The van der Waals surface area contributed by atoms with Crippen molar-refractivity contribution in [1.29, 1.82) is 0 Å². The first-order valence-electron chi connectivity index (χ1n) is 12.5. The summed E-state index contributed by atoms with van der Waals surface area (Å²) in [5.74, 6) is 2.18. The third-order valence-corrected chi connectivity index (χ3v) is 9.25. The van der Waals surface area contributed by atoms with Gasteiger partial charge in [-0.1, -0.05) is 39.7 Å². The van der Waals surface area contributed by atoms with Crippen molar-refractivity contribution in [2.75, 3.05) is 6.54 Å². The molecule has 1 N–H and O–H groups in total. The maximum Gasteiger partial charge on any atom is 0.137 e. The van der Waals surface area contributed by atoms with Crippen molar-refractivity contribution < 1.29 is 9.90 Å². The third-order valence-electron chi connectivity index (χ3n) is 9.25. The van der Waals surface area contributed by atoms with E-state index in [0.29, 0.717) is 29.2 Å². The molecule has 3 heteroatoms. The van der Waals surface area contributed by atoms with Crippen LogP contribution in [-0.2, 0) is 4.79 Å². The molecule has 0 aromatic heterocycles. The molecule has 3 saturated carbocycles. The predicted octanol–water partition coefficient (Wildman–Crippen LogP) is 5.51. The quantitative estimate of drug-likeness (QED) is 0.498. The molecule has 4 fully saturated rings. The Balaban J connectivity index is 0.000000994. The van der Waals surface area contributed by atoms with Crippen LogP contribution in [0.4, 0.5) is 0 Å². The molecule has 1 heterocycles. The molecule has 0 bridgehead atoms. The molecule has 5 aliphatic rings. The SMILES string of the molecule is CC.CC(C)(O)CCCN1C2CC=C3C4CC(=O)C5CCCCC5(C)C4CCC321. The summed E-state index contributed by atoms with van der Waals surface area (Å²) in [4.78, 5) is 15.8. The standard InChI is InChI=1S/C24H37NO2.C2H6/c1-22(2,27)11-6-14-25-21-9-8-18-16-15-20(26)19-7-4-5-12-23(19,3)17(16)10-13-24(18,21)25;1-2/h8,16-17,19,21,27H,4-7,9-15H2,1-3H3;1-2H3. The van der Waals surface area contributed by atoms with Crippen LogP contribution in [0.2, 0.25) is 0 Å². The second-order valence-corrected chi connectivity index (χ2v) is 11.2. The minimum absolute atomic E-state index is 0.263. The normalized spacial score (nSPS) is 45.1. The highest BCUT2D eigenvalue weighted by molar-refractivity contribution is 5.84. The number of ketones is 1. The van der Waals surface area contributed by atoms with Gasteiger partial charge >= 0.3 is 0 Å². The lowest BCUT2D eigenvalue weighted by Crippen LogP contribution is -2.53. The first-order chi connectivity index (χ1) is 13.8. The number of rotatable bonds is 4. The topological polar surface area (TPSA) is 40.3 Å². The van der Waals surface area contributed by atoms with Gasteiger partial charge in [0.15, 0.2) is 0 Å². The fraction of sp³-hybridized carbons (Fsp3) is 0.885. The molecule has 29 heavy (non-hydrogen) atoms. The van der Waals surface area contributed by atoms with Gasteiger partial charge in [0.05, 0.1) is 11.1 Å². The van der Waals surface area contributed by atoms with Gasteiger partial charge in [-0.3, -0.25) is 9.69 Å². The van der Waals surface area contributed by atoms with E-state index in [1.165, 1.54) is 38.5 Å². The van der Waals surface area contributed by atoms with Crippen LogP contribution in [0.1, 0.15) is 98.8 Å². The second kappa shape index (κ2) is 7.48. The molecule has 7 unspecified atom stereocenters. The summed E-state index contributed by atoms with van der Waals surface area (Å²) in [7, 11) is 0. The highest BCUT2D eigenvalue weighted by Crippen LogP contribution is 2.68. The van der Waals surface area contributed by atoms with Crippen LogP contribution in [0.5, 0.6) is 0 Å². The Morgan fingerprint density at radius 1 is 1.21 bits per heavy atom. The van der Waals surface area contributed by atoms with Gasteiger partial charge in [0.1, 0.15) is 5.78 Å². The lowest BCUT2D eigenvalue weighted by Gasteiger charge is -2.56. The first kappa shape index (κ1) is 21.6. The smallest absolute Gasteiger partial charge is 0.137 e. The summed E-state index contributed by atoms with van der Waals surface area (Å²) < 4.78 is 0. The molecule has 5 rings (SSSR count). The highest BCUT2D eigenvalue weighted by atomic mass is 16.3. The number of hydrogen-bond acceptors (Lipinski definition) is 3. The third kappa shape index (κ3) is 3.26. The molecule has 0 amide bonds. The fourth-order valence-corrected chi connectivity index (χ4v) is 8.04. The van der Waals surface area contributed by atoms with Gasteiger partial charge in [-0.25, -0.2) is 0 Å². The van der Waals surface area contributed by atoms with E-state index in [2.05, 4.69) is 17.9 Å². The summed E-state index contributed by atoms with van der Waals surface area (Å²) in [6.45, 7) is 11.4. The Labute approximate surface area is 178 Å². The van der Waals surface area contributed by atoms with E-state index in [1.807, 2.05) is 27.7 Å². The van der Waals surface area contributed by atoms with Gasteiger partial charge in [-0.15, -0.1) is 0 Å². The molecule has 4 aliphatic carbocycles. The minimum Gasteiger partial charge on any atom is -0.390 e. The number of carbonyl (C=O) groups is 1. The average Bonchev–Trinajstić information content (AvgIpc) is 3.07. The number of aliphatic hydroxyl groups is 1. The first-order valence-corrected chi connectivity index (χ1v) is 12.5. The van der Waals surface area contributed by atoms with Gasteiger partial charge in [0.25, 0.3) is 0 Å². The molecule has 164 valence electrons. The van der Waals surface area contributed by atoms with Crippen LogP contribution in [-0.4, -0.2) is 39.5 Å². The molecule has 0 aromatic carbocycles. The lowest BCUT2D eigenvalue weighted by molar-refractivity contribution is -0.141. The van der Waals surface area contributed by atoms with Crippen LogP contribution in [0.3, 0.4) is 0 Å². The molecule has 3 nitrogen and oxygen atoms in total. The van der Waals surface area contributed by atoms with Gasteiger partial charge in [-0.2, -0.15) is 0 Å². The zero-order valence-corrected chi connectivity index (χ0v) is 19.5. The van der Waals surface area contributed by atoms with E-state index in [4.69, 9.17) is 0 Å². The van der Waals surface area contributed by atoms with Crippen LogP contribution >= 0.6 is 0 Å². The summed E-state index contributed by atoms with van der Waals surface area (Å²) in [5, 5.41) is 10.0. The monoisotopic (exact) mass is 401 g/mol. The van der Waals surface area contributed by atoms with Crippen LogP contribution in [0.25, 0.3) is 0 Å². The molecular formula is C26H43NO2. The number of Topliss-reactive ketones (excluding diaryl/α,β-unsaturated/α-hetero) is 1. The van der Waals surface area contributed by atoms with Crippen LogP contribution in [0, 0.1) is 23.2 Å². The second-order valence-electron chi connectivity index (χ2n) is 11.2. The Hall–Kier alpha value is -0.670. The predicted molar refractivity (Wildman–Crippen MR) is 119 cm³/mol. The van der Waals surface area contributed by atoms with Crippen molar-refractivity contribution in [2.45, 2.75) is 116 Å². The Morgan fingerprint density at radius 3 is 2.69 bits per heavy atom. The molecular weight excluding hydrogens is 358 g/mol.